The average Bonchev–Trinajstić information content (AvgIpc) is 2.89. The van der Waals surface area contributed by atoms with Gasteiger partial charge in [0.25, 0.3) is 0 Å². The smallest absolute Gasteiger partial charge is 0.338 e. The molecule has 15 heavy (non-hydrogen) atoms. The van der Waals surface area contributed by atoms with Crippen molar-refractivity contribution >= 4 is 17.3 Å². The molecule has 2 heterocycles. The normalized spacial score (nSPS) is 10.2. The van der Waals surface area contributed by atoms with Gasteiger partial charge in [0.05, 0.1) is 18.4 Å². The Balaban J connectivity index is 2.21. The van der Waals surface area contributed by atoms with E-state index in [0.29, 0.717) is 12.2 Å². The fraction of sp³-hybridized carbons (Fsp3) is 0.200. The van der Waals surface area contributed by atoms with Crippen molar-refractivity contribution in [1.82, 2.24) is 10.2 Å². The van der Waals surface area contributed by atoms with E-state index in [1.807, 2.05) is 6.07 Å². The Morgan fingerprint density at radius 1 is 1.67 bits per heavy atom. The van der Waals surface area contributed by atoms with Crippen molar-refractivity contribution < 1.29 is 9.53 Å². The highest BCUT2D eigenvalue weighted by atomic mass is 32.1. The van der Waals surface area contributed by atoms with Gasteiger partial charge in [-0.2, -0.15) is 5.10 Å². The van der Waals surface area contributed by atoms with Gasteiger partial charge in [0.15, 0.2) is 0 Å². The van der Waals surface area contributed by atoms with Gasteiger partial charge in [-0.05, 0) is 13.0 Å². The van der Waals surface area contributed by atoms with Gasteiger partial charge in [0.2, 0.25) is 0 Å². The minimum absolute atomic E-state index is 0.275. The fourth-order valence-electron chi connectivity index (χ4n) is 1.19. The molecule has 0 fully saturated rings. The van der Waals surface area contributed by atoms with Crippen molar-refractivity contribution in [3.8, 4) is 10.4 Å². The number of hydrogen-bond donors (Lipinski definition) is 1. The number of aromatic nitrogens is 2. The molecule has 2 aromatic heterocycles. The largest absolute Gasteiger partial charge is 0.462 e. The molecule has 0 aliphatic carbocycles. The number of nitrogens with one attached hydrogen (secondary N) is 1. The molecular weight excluding hydrogens is 212 g/mol. The lowest BCUT2D eigenvalue weighted by Gasteiger charge is -1.96. The minimum atomic E-state index is -0.275. The second-order valence-electron chi connectivity index (χ2n) is 2.91. The summed E-state index contributed by atoms with van der Waals surface area (Å²) in [6.07, 6.45) is 3.52. The zero-order chi connectivity index (χ0) is 10.7. The molecule has 0 saturated carbocycles. The maximum Gasteiger partial charge on any atom is 0.338 e. The topological polar surface area (TPSA) is 55.0 Å². The van der Waals surface area contributed by atoms with Crippen molar-refractivity contribution in [3.05, 3.63) is 29.4 Å². The molecule has 2 aromatic rings. The van der Waals surface area contributed by atoms with Gasteiger partial charge in [-0.25, -0.2) is 4.79 Å². The van der Waals surface area contributed by atoms with Crippen LogP contribution in [0.1, 0.15) is 17.3 Å². The van der Waals surface area contributed by atoms with Gasteiger partial charge in [0, 0.05) is 22.0 Å². The molecule has 0 aliphatic rings. The molecule has 0 aliphatic heterocycles. The number of carbonyl (C=O) groups is 1. The summed E-state index contributed by atoms with van der Waals surface area (Å²) in [5.74, 6) is -0.275. The van der Waals surface area contributed by atoms with E-state index in [4.69, 9.17) is 4.74 Å². The number of ether oxygens (including phenoxy) is 1. The Morgan fingerprint density at radius 2 is 2.53 bits per heavy atom. The third kappa shape index (κ3) is 2.07. The van der Waals surface area contributed by atoms with E-state index in [1.165, 1.54) is 11.3 Å². The van der Waals surface area contributed by atoms with Crippen LogP contribution in [0.4, 0.5) is 0 Å². The van der Waals surface area contributed by atoms with Crippen molar-refractivity contribution in [3.63, 3.8) is 0 Å². The van der Waals surface area contributed by atoms with Gasteiger partial charge in [-0.3, -0.25) is 5.10 Å². The molecule has 0 saturated heterocycles. The van der Waals surface area contributed by atoms with E-state index >= 15 is 0 Å². The molecule has 0 amide bonds. The first kappa shape index (κ1) is 9.92. The van der Waals surface area contributed by atoms with Gasteiger partial charge in [0.1, 0.15) is 0 Å². The number of hydrogen-bond acceptors (Lipinski definition) is 4. The monoisotopic (exact) mass is 222 g/mol. The predicted octanol–water partition coefficient (Wildman–Crippen LogP) is 2.31. The number of thiophene rings is 1. The molecule has 5 heteroatoms. The van der Waals surface area contributed by atoms with E-state index in [2.05, 4.69) is 10.2 Å². The lowest BCUT2D eigenvalue weighted by atomic mass is 10.2. The summed E-state index contributed by atoms with van der Waals surface area (Å²) in [6, 6.07) is 1.81. The zero-order valence-corrected chi connectivity index (χ0v) is 9.00. The number of nitrogens with zero attached hydrogens (tertiary/aromatic N) is 1. The zero-order valence-electron chi connectivity index (χ0n) is 8.19. The molecule has 2 rings (SSSR count). The van der Waals surface area contributed by atoms with Crippen LogP contribution in [0.25, 0.3) is 10.4 Å². The lowest BCUT2D eigenvalue weighted by Crippen LogP contribution is -2.02. The van der Waals surface area contributed by atoms with Crippen LogP contribution in [-0.2, 0) is 4.74 Å². The van der Waals surface area contributed by atoms with Crippen LogP contribution in [0, 0.1) is 0 Å². The van der Waals surface area contributed by atoms with Crippen LogP contribution >= 0.6 is 11.3 Å². The minimum Gasteiger partial charge on any atom is -0.462 e. The van der Waals surface area contributed by atoms with E-state index in [-0.39, 0.29) is 5.97 Å². The molecule has 0 radical (unpaired) electrons. The quantitative estimate of drug-likeness (QED) is 0.811. The number of esters is 1. The Morgan fingerprint density at radius 3 is 3.20 bits per heavy atom. The molecule has 0 atom stereocenters. The highest BCUT2D eigenvalue weighted by Crippen LogP contribution is 2.26. The molecule has 4 nitrogen and oxygen atoms in total. The lowest BCUT2D eigenvalue weighted by molar-refractivity contribution is 0.0527. The summed E-state index contributed by atoms with van der Waals surface area (Å²) in [5, 5.41) is 8.38. The van der Waals surface area contributed by atoms with E-state index in [0.717, 1.165) is 10.4 Å². The predicted molar refractivity (Wildman–Crippen MR) is 57.9 cm³/mol. The summed E-state index contributed by atoms with van der Waals surface area (Å²) in [7, 11) is 0. The van der Waals surface area contributed by atoms with Crippen molar-refractivity contribution in [2.45, 2.75) is 6.92 Å². The van der Waals surface area contributed by atoms with E-state index in [1.54, 1.807) is 24.7 Å². The summed E-state index contributed by atoms with van der Waals surface area (Å²) < 4.78 is 4.90. The molecule has 1 N–H and O–H groups in total. The molecule has 0 unspecified atom stereocenters. The standard InChI is InChI=1S/C10H10N2O2S/c1-2-14-10(13)7-3-9(15-6-7)8-4-11-12-5-8/h3-6H,2H2,1H3,(H,11,12). The second-order valence-corrected chi connectivity index (χ2v) is 3.82. The van der Waals surface area contributed by atoms with Gasteiger partial charge < -0.3 is 4.74 Å². The summed E-state index contributed by atoms with van der Waals surface area (Å²) in [4.78, 5) is 12.4. The van der Waals surface area contributed by atoms with Gasteiger partial charge in [-0.15, -0.1) is 11.3 Å². The molecule has 0 spiro atoms. The summed E-state index contributed by atoms with van der Waals surface area (Å²) in [5.41, 5.74) is 1.58. The Kier molecular flexibility index (Phi) is 2.82. The van der Waals surface area contributed by atoms with Crippen molar-refractivity contribution in [1.29, 1.82) is 0 Å². The first-order valence-electron chi connectivity index (χ1n) is 4.56. The number of aromatic amines is 1. The van der Waals surface area contributed by atoms with Crippen molar-refractivity contribution in [2.75, 3.05) is 6.61 Å². The molecule has 0 aromatic carbocycles. The third-order valence-corrected chi connectivity index (χ3v) is 2.87. The number of H-pyrrole nitrogens is 1. The van der Waals surface area contributed by atoms with E-state index in [9.17, 15) is 4.79 Å². The highest BCUT2D eigenvalue weighted by Gasteiger charge is 2.10. The molecule has 78 valence electrons. The first-order valence-corrected chi connectivity index (χ1v) is 5.44. The first-order chi connectivity index (χ1) is 7.31. The van der Waals surface area contributed by atoms with Crippen LogP contribution in [0.2, 0.25) is 0 Å². The van der Waals surface area contributed by atoms with Crippen molar-refractivity contribution in [2.24, 2.45) is 0 Å². The van der Waals surface area contributed by atoms with Crippen LogP contribution in [0.5, 0.6) is 0 Å². The summed E-state index contributed by atoms with van der Waals surface area (Å²) in [6.45, 7) is 2.19. The number of carbonyl (C=O) groups excluding carboxylic acids is 1. The second kappa shape index (κ2) is 4.27. The highest BCUT2D eigenvalue weighted by molar-refractivity contribution is 7.13. The molecule has 0 bridgehead atoms. The van der Waals surface area contributed by atoms with Crippen LogP contribution in [-0.4, -0.2) is 22.8 Å². The number of rotatable bonds is 3. The van der Waals surface area contributed by atoms with Gasteiger partial charge >= 0.3 is 5.97 Å². The van der Waals surface area contributed by atoms with Crippen LogP contribution in [0.3, 0.4) is 0 Å². The summed E-state index contributed by atoms with van der Waals surface area (Å²) >= 11 is 1.50. The third-order valence-electron chi connectivity index (χ3n) is 1.89. The fourth-order valence-corrected chi connectivity index (χ4v) is 2.06. The van der Waals surface area contributed by atoms with E-state index < -0.39 is 0 Å². The SMILES string of the molecule is CCOC(=O)c1csc(-c2cn[nH]c2)c1. The average molecular weight is 222 g/mol. The molecular formula is C10H10N2O2S. The Bertz CT molecular complexity index is 448. The Labute approximate surface area is 90.9 Å². The maximum absolute atomic E-state index is 11.4. The van der Waals surface area contributed by atoms with Crippen LogP contribution < -0.4 is 0 Å². The Hall–Kier alpha value is -1.62. The van der Waals surface area contributed by atoms with Gasteiger partial charge in [-0.1, -0.05) is 0 Å². The van der Waals surface area contributed by atoms with Crippen LogP contribution in [0.15, 0.2) is 23.8 Å². The maximum atomic E-state index is 11.4.